The van der Waals surface area contributed by atoms with Crippen molar-refractivity contribution in [2.45, 2.75) is 49.9 Å². The number of aromatic amines is 2. The Morgan fingerprint density at radius 3 is 2.07 bits per heavy atom. The highest BCUT2D eigenvalue weighted by molar-refractivity contribution is 5.95. The average Bonchev–Trinajstić information content (AvgIpc) is 3.66. The van der Waals surface area contributed by atoms with Gasteiger partial charge in [-0.1, -0.05) is 48.5 Å². The van der Waals surface area contributed by atoms with Crippen molar-refractivity contribution >= 4 is 40.6 Å². The molecule has 3 amide bonds. The molecule has 44 heavy (non-hydrogen) atoms. The van der Waals surface area contributed by atoms with Gasteiger partial charge in [-0.15, -0.1) is 0 Å². The van der Waals surface area contributed by atoms with Crippen LogP contribution in [0.4, 0.5) is 0 Å². The van der Waals surface area contributed by atoms with E-state index in [1.54, 1.807) is 36.5 Å². The fourth-order valence-corrected chi connectivity index (χ4v) is 4.71. The van der Waals surface area contributed by atoms with Crippen LogP contribution in [0.3, 0.4) is 0 Å². The van der Waals surface area contributed by atoms with Crippen LogP contribution in [0.5, 0.6) is 0 Å². The molecule has 0 fully saturated rings. The van der Waals surface area contributed by atoms with Crippen molar-refractivity contribution < 1.29 is 34.2 Å². The van der Waals surface area contributed by atoms with E-state index in [1.807, 2.05) is 24.3 Å². The lowest BCUT2D eigenvalue weighted by atomic mass is 10.0. The van der Waals surface area contributed by atoms with Crippen LogP contribution >= 0.6 is 0 Å². The number of aromatic nitrogens is 3. The first-order valence-corrected chi connectivity index (χ1v) is 13.8. The number of nitrogens with one attached hydrogen (secondary N) is 5. The summed E-state index contributed by atoms with van der Waals surface area (Å²) in [5.74, 6) is -4.94. The third kappa shape index (κ3) is 8.51. The number of benzene rings is 2. The van der Waals surface area contributed by atoms with Crippen LogP contribution in [0, 0.1) is 0 Å². The first kappa shape index (κ1) is 31.4. The molecule has 4 atom stereocenters. The number of hydrogen-bond donors (Lipinski definition) is 8. The Balaban J connectivity index is 1.55. The van der Waals surface area contributed by atoms with Gasteiger partial charge in [0.1, 0.15) is 18.1 Å². The lowest BCUT2D eigenvalue weighted by Gasteiger charge is -2.25. The van der Waals surface area contributed by atoms with E-state index in [1.165, 1.54) is 12.5 Å². The van der Waals surface area contributed by atoms with Crippen LogP contribution in [0.25, 0.3) is 10.9 Å². The van der Waals surface area contributed by atoms with E-state index in [-0.39, 0.29) is 19.3 Å². The minimum Gasteiger partial charge on any atom is -0.481 e. The minimum absolute atomic E-state index is 0.0150. The zero-order valence-electron chi connectivity index (χ0n) is 23.5. The number of para-hydroxylation sites is 1. The highest BCUT2D eigenvalue weighted by Gasteiger charge is 2.31. The second kappa shape index (κ2) is 14.6. The first-order valence-electron chi connectivity index (χ1n) is 13.8. The molecule has 230 valence electrons. The second-order valence-electron chi connectivity index (χ2n) is 10.3. The molecule has 0 aliphatic heterocycles. The van der Waals surface area contributed by atoms with Gasteiger partial charge in [0.05, 0.1) is 18.8 Å². The summed E-state index contributed by atoms with van der Waals surface area (Å²) in [6.07, 6.45) is 3.78. The Kier molecular flexibility index (Phi) is 10.4. The maximum absolute atomic E-state index is 13.6. The van der Waals surface area contributed by atoms with Crippen LogP contribution < -0.4 is 21.7 Å². The first-order chi connectivity index (χ1) is 21.1. The zero-order valence-corrected chi connectivity index (χ0v) is 23.5. The average molecular weight is 604 g/mol. The molecule has 4 unspecified atom stereocenters. The van der Waals surface area contributed by atoms with Crippen molar-refractivity contribution in [3.05, 3.63) is 90.1 Å². The third-order valence-corrected chi connectivity index (χ3v) is 6.97. The van der Waals surface area contributed by atoms with E-state index in [0.29, 0.717) is 16.8 Å². The molecular formula is C30H33N7O7. The highest BCUT2D eigenvalue weighted by Crippen LogP contribution is 2.19. The number of nitrogens with zero attached hydrogens (tertiary/aromatic N) is 1. The summed E-state index contributed by atoms with van der Waals surface area (Å²) >= 11 is 0. The number of aliphatic carboxylic acids is 2. The number of carboxylic acids is 2. The molecule has 2 aromatic carbocycles. The Morgan fingerprint density at radius 2 is 1.41 bits per heavy atom. The van der Waals surface area contributed by atoms with Gasteiger partial charge in [0.2, 0.25) is 17.7 Å². The highest BCUT2D eigenvalue weighted by atomic mass is 16.4. The number of hydrogen-bond acceptors (Lipinski definition) is 7. The van der Waals surface area contributed by atoms with E-state index in [9.17, 15) is 29.1 Å². The predicted octanol–water partition coefficient (Wildman–Crippen LogP) is 0.260. The van der Waals surface area contributed by atoms with Crippen LogP contribution in [-0.4, -0.2) is 79.0 Å². The zero-order chi connectivity index (χ0) is 31.6. The van der Waals surface area contributed by atoms with Crippen molar-refractivity contribution in [1.82, 2.24) is 30.9 Å². The van der Waals surface area contributed by atoms with Gasteiger partial charge in [-0.3, -0.25) is 19.2 Å². The molecule has 0 bridgehead atoms. The molecular weight excluding hydrogens is 570 g/mol. The maximum Gasteiger partial charge on any atom is 0.326 e. The Labute approximate surface area is 251 Å². The van der Waals surface area contributed by atoms with Gasteiger partial charge >= 0.3 is 11.9 Å². The molecule has 2 aromatic heterocycles. The normalized spacial score (nSPS) is 13.8. The SMILES string of the molecule is NC(CC(=O)O)C(=O)NC(Cc1cnc[nH]1)C(=O)NC(Cc1ccccc1)C(=O)NC(Cc1c[nH]c2ccccc12)C(=O)O. The monoisotopic (exact) mass is 603 g/mol. The van der Waals surface area contributed by atoms with Crippen molar-refractivity contribution in [1.29, 1.82) is 0 Å². The lowest BCUT2D eigenvalue weighted by molar-refractivity contribution is -0.142. The van der Waals surface area contributed by atoms with Gasteiger partial charge in [-0.05, 0) is 17.2 Å². The van der Waals surface area contributed by atoms with Crippen molar-refractivity contribution in [2.24, 2.45) is 5.73 Å². The van der Waals surface area contributed by atoms with Crippen molar-refractivity contribution in [2.75, 3.05) is 0 Å². The molecule has 0 saturated heterocycles. The summed E-state index contributed by atoms with van der Waals surface area (Å²) in [5, 5.41) is 27.4. The summed E-state index contributed by atoms with van der Waals surface area (Å²) < 4.78 is 0. The Morgan fingerprint density at radius 1 is 0.773 bits per heavy atom. The number of H-pyrrole nitrogens is 2. The molecule has 0 spiro atoms. The predicted molar refractivity (Wildman–Crippen MR) is 158 cm³/mol. The standard InChI is InChI=1S/C30H33N7O7/c31-21(13-26(38)39)27(40)35-24(12-19-15-32-16-34-19)29(42)36-23(10-17-6-2-1-3-7-17)28(41)37-25(30(43)44)11-18-14-33-22-9-5-4-8-20(18)22/h1-9,14-16,21,23-25,33H,10-13,31H2,(H,32,34)(H,35,40)(H,36,42)(H,37,41)(H,38,39)(H,43,44). The van der Waals surface area contributed by atoms with Gasteiger partial charge < -0.3 is 41.9 Å². The van der Waals surface area contributed by atoms with E-state index in [0.717, 1.165) is 10.9 Å². The molecule has 4 rings (SSSR count). The Bertz CT molecular complexity index is 1600. The van der Waals surface area contributed by atoms with E-state index >= 15 is 0 Å². The molecule has 0 radical (unpaired) electrons. The topological polar surface area (TPSA) is 232 Å². The number of carboxylic acid groups (broad SMARTS) is 2. The smallest absolute Gasteiger partial charge is 0.326 e. The Hall–Kier alpha value is -5.50. The molecule has 9 N–H and O–H groups in total. The van der Waals surface area contributed by atoms with E-state index in [2.05, 4.69) is 30.9 Å². The molecule has 0 saturated carbocycles. The fourth-order valence-electron chi connectivity index (χ4n) is 4.71. The minimum atomic E-state index is -1.42. The summed E-state index contributed by atoms with van der Waals surface area (Å²) in [6, 6.07) is 10.9. The number of carbonyl (C=O) groups is 5. The maximum atomic E-state index is 13.6. The number of fused-ring (bicyclic) bond motifs is 1. The number of imidazole rings is 1. The van der Waals surface area contributed by atoms with Crippen LogP contribution in [0.2, 0.25) is 0 Å². The molecule has 2 heterocycles. The molecule has 14 nitrogen and oxygen atoms in total. The van der Waals surface area contributed by atoms with Gasteiger partial charge in [-0.25, -0.2) is 9.78 Å². The lowest BCUT2D eigenvalue weighted by Crippen LogP contribution is -2.58. The second-order valence-corrected chi connectivity index (χ2v) is 10.3. The number of rotatable bonds is 15. The molecule has 0 aliphatic carbocycles. The van der Waals surface area contributed by atoms with Crippen LogP contribution in [0.1, 0.15) is 23.2 Å². The van der Waals surface area contributed by atoms with Gasteiger partial charge in [0, 0.05) is 48.3 Å². The van der Waals surface area contributed by atoms with Crippen LogP contribution in [-0.2, 0) is 43.2 Å². The van der Waals surface area contributed by atoms with Gasteiger partial charge in [0.25, 0.3) is 0 Å². The largest absolute Gasteiger partial charge is 0.481 e. The number of nitrogens with two attached hydrogens (primary N) is 1. The summed E-state index contributed by atoms with van der Waals surface area (Å²) in [6.45, 7) is 0. The third-order valence-electron chi connectivity index (χ3n) is 6.97. The molecule has 0 aliphatic rings. The fraction of sp³-hybridized carbons (Fsp3) is 0.267. The van der Waals surface area contributed by atoms with E-state index < -0.39 is 60.2 Å². The van der Waals surface area contributed by atoms with E-state index in [4.69, 9.17) is 10.8 Å². The molecule has 14 heteroatoms. The van der Waals surface area contributed by atoms with Crippen molar-refractivity contribution in [3.63, 3.8) is 0 Å². The summed E-state index contributed by atoms with van der Waals surface area (Å²) in [5.41, 5.74) is 8.38. The number of amides is 3. The van der Waals surface area contributed by atoms with Crippen LogP contribution in [0.15, 0.2) is 73.3 Å². The van der Waals surface area contributed by atoms with Gasteiger partial charge in [-0.2, -0.15) is 0 Å². The summed E-state index contributed by atoms with van der Waals surface area (Å²) in [4.78, 5) is 72.9. The van der Waals surface area contributed by atoms with Gasteiger partial charge in [0.15, 0.2) is 0 Å². The molecule has 4 aromatic rings. The van der Waals surface area contributed by atoms with Crippen molar-refractivity contribution in [3.8, 4) is 0 Å². The summed E-state index contributed by atoms with van der Waals surface area (Å²) in [7, 11) is 0. The quantitative estimate of drug-likeness (QED) is 0.0929. The number of carbonyl (C=O) groups excluding carboxylic acids is 3.